The van der Waals surface area contributed by atoms with E-state index in [2.05, 4.69) is 5.10 Å². The predicted octanol–water partition coefficient (Wildman–Crippen LogP) is 5.94. The highest BCUT2D eigenvalue weighted by molar-refractivity contribution is 5.94. The first-order valence-electron chi connectivity index (χ1n) is 9.41. The van der Waals surface area contributed by atoms with Crippen molar-refractivity contribution in [1.29, 1.82) is 0 Å². The maximum Gasteiger partial charge on any atom is 0.247 e. The summed E-state index contributed by atoms with van der Waals surface area (Å²) < 4.78 is 25.7. The number of aromatic nitrogens is 2. The molecule has 1 aromatic heterocycles. The molecule has 0 atom stereocenters. The molecule has 0 saturated carbocycles. The minimum atomic E-state index is -2.42. The van der Waals surface area contributed by atoms with Crippen LogP contribution in [0.1, 0.15) is 69.1 Å². The molecule has 26 heavy (non-hydrogen) atoms. The van der Waals surface area contributed by atoms with Crippen molar-refractivity contribution in [2.45, 2.75) is 71.8 Å². The number of halogens is 2. The van der Waals surface area contributed by atoms with Gasteiger partial charge in [-0.3, -0.25) is 9.48 Å². The Kier molecular flexibility index (Phi) is 9.78. The molecular formula is C21H30F2N2O. The summed E-state index contributed by atoms with van der Waals surface area (Å²) in [6.07, 6.45) is 3.70. The van der Waals surface area contributed by atoms with Crippen LogP contribution in [-0.2, 0) is 13.0 Å². The number of nitrogens with zero attached hydrogens (tertiary/aromatic N) is 2. The lowest BCUT2D eigenvalue weighted by molar-refractivity contribution is -0.00647. The number of carbonyl (C=O) groups excluding carboxylic acids is 1. The van der Waals surface area contributed by atoms with E-state index in [1.165, 1.54) is 26.0 Å². The van der Waals surface area contributed by atoms with E-state index in [1.807, 2.05) is 54.1 Å². The first-order valence-corrected chi connectivity index (χ1v) is 9.41. The summed E-state index contributed by atoms with van der Waals surface area (Å²) in [5, 5.41) is 4.28. The first-order chi connectivity index (χ1) is 12.4. The molecule has 0 unspecified atom stereocenters. The van der Waals surface area contributed by atoms with Gasteiger partial charge in [-0.05, 0) is 25.3 Å². The molecule has 1 aliphatic rings. The maximum atomic E-state index is 11.9. The molecule has 0 aliphatic carbocycles. The van der Waals surface area contributed by atoms with Gasteiger partial charge in [-0.2, -0.15) is 5.10 Å². The van der Waals surface area contributed by atoms with Gasteiger partial charge in [-0.1, -0.05) is 57.2 Å². The van der Waals surface area contributed by atoms with Crippen molar-refractivity contribution in [3.05, 3.63) is 53.9 Å². The van der Waals surface area contributed by atoms with Crippen molar-refractivity contribution in [3.8, 4) is 0 Å². The van der Waals surface area contributed by atoms with Crippen LogP contribution in [-0.4, -0.2) is 21.5 Å². The molecule has 144 valence electrons. The molecule has 2 heterocycles. The molecule has 0 bridgehead atoms. The number of Topliss-reactive ketones (excluding diaryl/α,β-unsaturated/α-hetero) is 1. The third kappa shape index (κ3) is 7.89. The average molecular weight is 364 g/mol. The number of hydrogen-bond donors (Lipinski definition) is 0. The van der Waals surface area contributed by atoms with Gasteiger partial charge in [0, 0.05) is 31.5 Å². The summed E-state index contributed by atoms with van der Waals surface area (Å²) in [6.45, 7) is 5.98. The molecule has 5 heteroatoms. The van der Waals surface area contributed by atoms with Gasteiger partial charge in [-0.25, -0.2) is 8.78 Å². The topological polar surface area (TPSA) is 34.9 Å². The number of hydrogen-bond acceptors (Lipinski definition) is 2. The molecule has 1 aliphatic heterocycles. The molecule has 0 radical (unpaired) electrons. The van der Waals surface area contributed by atoms with Gasteiger partial charge in [0.2, 0.25) is 5.92 Å². The van der Waals surface area contributed by atoms with Crippen molar-refractivity contribution in [2.24, 2.45) is 0 Å². The van der Waals surface area contributed by atoms with E-state index in [9.17, 15) is 13.6 Å². The molecule has 3 rings (SSSR count). The van der Waals surface area contributed by atoms with Gasteiger partial charge in [0.1, 0.15) is 5.69 Å². The first kappa shape index (κ1) is 22.0. The van der Waals surface area contributed by atoms with Crippen LogP contribution >= 0.6 is 0 Å². The summed E-state index contributed by atoms with van der Waals surface area (Å²) in [7, 11) is 0. The monoisotopic (exact) mass is 364 g/mol. The van der Waals surface area contributed by atoms with Crippen LogP contribution in [0.15, 0.2) is 42.5 Å². The number of fused-ring (bicyclic) bond motifs is 1. The third-order valence-corrected chi connectivity index (χ3v) is 4.13. The van der Waals surface area contributed by atoms with Crippen LogP contribution in [0.5, 0.6) is 0 Å². The Labute approximate surface area is 155 Å². The van der Waals surface area contributed by atoms with E-state index in [0.29, 0.717) is 12.1 Å². The van der Waals surface area contributed by atoms with Crippen molar-refractivity contribution in [2.75, 3.05) is 0 Å². The van der Waals surface area contributed by atoms with E-state index < -0.39 is 5.92 Å². The highest BCUT2D eigenvalue weighted by Crippen LogP contribution is 2.20. The van der Waals surface area contributed by atoms with Crippen LogP contribution < -0.4 is 0 Å². The van der Waals surface area contributed by atoms with Gasteiger partial charge < -0.3 is 0 Å². The lowest BCUT2D eigenvalue weighted by Gasteiger charge is -2.08. The zero-order valence-corrected chi connectivity index (χ0v) is 16.0. The van der Waals surface area contributed by atoms with Gasteiger partial charge in [0.25, 0.3) is 0 Å². The second kappa shape index (κ2) is 11.6. The van der Waals surface area contributed by atoms with Gasteiger partial charge in [0.05, 0.1) is 0 Å². The van der Waals surface area contributed by atoms with Crippen molar-refractivity contribution < 1.29 is 13.6 Å². The molecular weight excluding hydrogens is 334 g/mol. The number of rotatable bonds is 5. The summed E-state index contributed by atoms with van der Waals surface area (Å²) in [4.78, 5) is 11.5. The summed E-state index contributed by atoms with van der Waals surface area (Å²) >= 11 is 0. The van der Waals surface area contributed by atoms with Crippen LogP contribution in [0.4, 0.5) is 8.78 Å². The molecule has 0 amide bonds. The quantitative estimate of drug-likeness (QED) is 0.615. The van der Waals surface area contributed by atoms with Gasteiger partial charge >= 0.3 is 0 Å². The Morgan fingerprint density at radius 2 is 1.62 bits per heavy atom. The lowest BCUT2D eigenvalue weighted by Crippen LogP contribution is -2.10. The molecule has 0 N–H and O–H groups in total. The number of alkyl halides is 2. The van der Waals surface area contributed by atoms with Crippen molar-refractivity contribution in [1.82, 2.24) is 9.78 Å². The minimum Gasteiger partial charge on any atom is -0.292 e. The summed E-state index contributed by atoms with van der Waals surface area (Å²) in [6, 6.07) is 13.9. The van der Waals surface area contributed by atoms with Crippen molar-refractivity contribution in [3.63, 3.8) is 0 Å². The van der Waals surface area contributed by atoms with E-state index in [0.717, 1.165) is 19.4 Å². The Bertz CT molecular complexity index is 585. The fourth-order valence-corrected chi connectivity index (χ4v) is 2.39. The zero-order valence-electron chi connectivity index (χ0n) is 16.0. The molecule has 0 spiro atoms. The molecule has 2 aromatic rings. The normalized spacial score (nSPS) is 12.3. The molecule has 0 fully saturated rings. The SMILES string of the molecule is CCC(F)(F)CC.CCCC(=O)c1cc2n(n1)CCC2.c1ccccc1. The van der Waals surface area contributed by atoms with Gasteiger partial charge in [-0.15, -0.1) is 0 Å². The number of aryl methyl sites for hydroxylation is 2. The van der Waals surface area contributed by atoms with E-state index in [1.54, 1.807) is 0 Å². The van der Waals surface area contributed by atoms with Crippen LogP contribution in [0.3, 0.4) is 0 Å². The van der Waals surface area contributed by atoms with Crippen molar-refractivity contribution >= 4 is 5.78 Å². The van der Waals surface area contributed by atoms with Crippen LogP contribution in [0.2, 0.25) is 0 Å². The van der Waals surface area contributed by atoms with Gasteiger partial charge in [0.15, 0.2) is 5.78 Å². The highest BCUT2D eigenvalue weighted by Gasteiger charge is 2.21. The zero-order chi connectivity index (χ0) is 19.4. The fourth-order valence-electron chi connectivity index (χ4n) is 2.39. The standard InChI is InChI=1S/C10H14N2O.C6H6.C5H10F2/c1-2-4-10(13)9-7-8-5-3-6-12(8)11-9;1-2-4-6-5-3-1;1-3-5(6,7)4-2/h7H,2-6H2,1H3;1-6H;3-4H2,1-2H3. The molecule has 3 nitrogen and oxygen atoms in total. The largest absolute Gasteiger partial charge is 0.292 e. The Morgan fingerprint density at radius 3 is 2.00 bits per heavy atom. The molecule has 0 saturated heterocycles. The maximum absolute atomic E-state index is 11.9. The van der Waals surface area contributed by atoms with Crippen LogP contribution in [0, 0.1) is 0 Å². The Hall–Kier alpha value is -2.04. The second-order valence-corrected chi connectivity index (χ2v) is 6.24. The Balaban J connectivity index is 0.000000220. The van der Waals surface area contributed by atoms with E-state index in [4.69, 9.17) is 0 Å². The minimum absolute atomic E-state index is 0.0382. The second-order valence-electron chi connectivity index (χ2n) is 6.24. The predicted molar refractivity (Wildman–Crippen MR) is 102 cm³/mol. The number of carbonyl (C=O) groups is 1. The smallest absolute Gasteiger partial charge is 0.247 e. The van der Waals surface area contributed by atoms with Crippen LogP contribution in [0.25, 0.3) is 0 Å². The lowest BCUT2D eigenvalue weighted by atomic mass is 10.1. The highest BCUT2D eigenvalue weighted by atomic mass is 19.3. The number of ketones is 1. The Morgan fingerprint density at radius 1 is 1.08 bits per heavy atom. The molecule has 1 aromatic carbocycles. The summed E-state index contributed by atoms with van der Waals surface area (Å²) in [5.41, 5.74) is 1.89. The summed E-state index contributed by atoms with van der Waals surface area (Å²) in [5.74, 6) is -2.23. The fraction of sp³-hybridized carbons (Fsp3) is 0.524. The van der Waals surface area contributed by atoms with E-state index >= 15 is 0 Å². The average Bonchev–Trinajstić information content (AvgIpc) is 3.27. The third-order valence-electron chi connectivity index (χ3n) is 4.13. The van der Waals surface area contributed by atoms with E-state index in [-0.39, 0.29) is 18.6 Å². The number of benzene rings is 1.